The SMILES string of the molecule is Cc1nonc1CNC(=O)[C@H]1CNCCN1C. The summed E-state index contributed by atoms with van der Waals surface area (Å²) in [4.78, 5) is 14.0. The first-order chi connectivity index (χ1) is 8.18. The number of nitrogens with zero attached hydrogens (tertiary/aromatic N) is 3. The number of nitrogens with one attached hydrogen (secondary N) is 2. The van der Waals surface area contributed by atoms with Gasteiger partial charge in [0.2, 0.25) is 5.91 Å². The molecule has 0 aromatic carbocycles. The van der Waals surface area contributed by atoms with E-state index in [4.69, 9.17) is 0 Å². The van der Waals surface area contributed by atoms with Crippen LogP contribution in [0.25, 0.3) is 0 Å². The average molecular weight is 239 g/mol. The molecule has 1 atom stereocenters. The summed E-state index contributed by atoms with van der Waals surface area (Å²) >= 11 is 0. The maximum absolute atomic E-state index is 11.9. The van der Waals surface area contributed by atoms with Crippen molar-refractivity contribution >= 4 is 5.91 Å². The number of carbonyl (C=O) groups excluding carboxylic acids is 1. The Bertz CT molecular complexity index is 392. The van der Waals surface area contributed by atoms with Crippen molar-refractivity contribution in [2.45, 2.75) is 19.5 Å². The zero-order valence-corrected chi connectivity index (χ0v) is 10.1. The van der Waals surface area contributed by atoms with Crippen LogP contribution in [0.15, 0.2) is 4.63 Å². The molecule has 94 valence electrons. The third-order valence-corrected chi connectivity index (χ3v) is 2.99. The van der Waals surface area contributed by atoms with Gasteiger partial charge >= 0.3 is 0 Å². The number of hydrogen-bond acceptors (Lipinski definition) is 6. The van der Waals surface area contributed by atoms with Crippen LogP contribution >= 0.6 is 0 Å². The largest absolute Gasteiger partial charge is 0.349 e. The van der Waals surface area contributed by atoms with Crippen LogP contribution in [0.4, 0.5) is 0 Å². The molecule has 1 aromatic rings. The molecule has 0 spiro atoms. The van der Waals surface area contributed by atoms with Crippen LogP contribution < -0.4 is 10.6 Å². The van der Waals surface area contributed by atoms with E-state index in [-0.39, 0.29) is 11.9 Å². The Morgan fingerprint density at radius 2 is 2.47 bits per heavy atom. The molecule has 17 heavy (non-hydrogen) atoms. The molecule has 1 saturated heterocycles. The van der Waals surface area contributed by atoms with Gasteiger partial charge in [-0.25, -0.2) is 4.63 Å². The second-order valence-corrected chi connectivity index (χ2v) is 4.21. The summed E-state index contributed by atoms with van der Waals surface area (Å²) in [7, 11) is 1.95. The fourth-order valence-corrected chi connectivity index (χ4v) is 1.80. The van der Waals surface area contributed by atoms with Crippen LogP contribution in [0.3, 0.4) is 0 Å². The summed E-state index contributed by atoms with van der Waals surface area (Å²) in [5.74, 6) is 0.00194. The smallest absolute Gasteiger partial charge is 0.238 e. The lowest BCUT2D eigenvalue weighted by molar-refractivity contribution is -0.126. The standard InChI is InChI=1S/C10H17N5O2/c1-7-8(14-17-13-7)5-12-10(16)9-6-11-3-4-15(9)2/h9,11H,3-6H2,1-2H3,(H,12,16)/t9-/m1/s1. The van der Waals surface area contributed by atoms with E-state index in [1.165, 1.54) is 0 Å². The van der Waals surface area contributed by atoms with Gasteiger partial charge in [-0.2, -0.15) is 0 Å². The first-order valence-corrected chi connectivity index (χ1v) is 5.65. The zero-order valence-electron chi connectivity index (χ0n) is 10.1. The molecule has 7 heteroatoms. The summed E-state index contributed by atoms with van der Waals surface area (Å²) in [6, 6.07) is -0.121. The van der Waals surface area contributed by atoms with E-state index in [1.807, 2.05) is 11.9 Å². The fourth-order valence-electron chi connectivity index (χ4n) is 1.80. The molecule has 1 aliphatic rings. The molecule has 1 amide bonds. The molecule has 1 aliphatic heterocycles. The van der Waals surface area contributed by atoms with Crippen molar-refractivity contribution in [1.82, 2.24) is 25.8 Å². The molecule has 2 heterocycles. The van der Waals surface area contributed by atoms with Crippen molar-refractivity contribution < 1.29 is 9.42 Å². The first kappa shape index (κ1) is 12.0. The van der Waals surface area contributed by atoms with E-state index in [9.17, 15) is 4.79 Å². The van der Waals surface area contributed by atoms with Gasteiger partial charge in [0, 0.05) is 19.6 Å². The van der Waals surface area contributed by atoms with E-state index in [0.29, 0.717) is 24.5 Å². The maximum Gasteiger partial charge on any atom is 0.238 e. The molecular formula is C10H17N5O2. The lowest BCUT2D eigenvalue weighted by Crippen LogP contribution is -2.56. The van der Waals surface area contributed by atoms with Crippen molar-refractivity contribution in [3.05, 3.63) is 11.4 Å². The lowest BCUT2D eigenvalue weighted by Gasteiger charge is -2.31. The molecule has 1 fully saturated rings. The molecule has 0 aliphatic carbocycles. The highest BCUT2D eigenvalue weighted by molar-refractivity contribution is 5.82. The van der Waals surface area contributed by atoms with Crippen molar-refractivity contribution in [2.24, 2.45) is 0 Å². The number of piperazine rings is 1. The Labute approximate surface area is 99.5 Å². The first-order valence-electron chi connectivity index (χ1n) is 5.65. The molecule has 1 aromatic heterocycles. The third-order valence-electron chi connectivity index (χ3n) is 2.99. The van der Waals surface area contributed by atoms with Crippen molar-refractivity contribution in [2.75, 3.05) is 26.7 Å². The second kappa shape index (κ2) is 5.24. The van der Waals surface area contributed by atoms with Crippen LogP contribution in [0.1, 0.15) is 11.4 Å². The van der Waals surface area contributed by atoms with Gasteiger partial charge in [0.15, 0.2) is 0 Å². The van der Waals surface area contributed by atoms with Crippen LogP contribution in [0, 0.1) is 6.92 Å². The normalized spacial score (nSPS) is 21.4. The van der Waals surface area contributed by atoms with Gasteiger partial charge in [0.05, 0.1) is 6.54 Å². The highest BCUT2D eigenvalue weighted by atomic mass is 16.6. The van der Waals surface area contributed by atoms with Gasteiger partial charge in [-0.05, 0) is 14.0 Å². The lowest BCUT2D eigenvalue weighted by atomic mass is 10.2. The van der Waals surface area contributed by atoms with Crippen molar-refractivity contribution in [1.29, 1.82) is 0 Å². The van der Waals surface area contributed by atoms with E-state index in [2.05, 4.69) is 25.6 Å². The van der Waals surface area contributed by atoms with Crippen LogP contribution in [0.5, 0.6) is 0 Å². The molecule has 7 nitrogen and oxygen atoms in total. The number of likely N-dealkylation sites (N-methyl/N-ethyl adjacent to an activating group) is 1. The van der Waals surface area contributed by atoms with Crippen LogP contribution in [-0.4, -0.2) is 53.8 Å². The van der Waals surface area contributed by atoms with Gasteiger partial charge in [-0.1, -0.05) is 10.3 Å². The van der Waals surface area contributed by atoms with E-state index < -0.39 is 0 Å². The van der Waals surface area contributed by atoms with Crippen LogP contribution in [0.2, 0.25) is 0 Å². The highest BCUT2D eigenvalue weighted by Crippen LogP contribution is 2.02. The summed E-state index contributed by atoms with van der Waals surface area (Å²) in [5, 5.41) is 13.4. The minimum absolute atomic E-state index is 0.00194. The number of aryl methyl sites for hydroxylation is 1. The van der Waals surface area contributed by atoms with Gasteiger partial charge in [0.1, 0.15) is 17.4 Å². The molecule has 2 rings (SSSR count). The van der Waals surface area contributed by atoms with E-state index in [1.54, 1.807) is 6.92 Å². The molecule has 0 unspecified atom stereocenters. The summed E-state index contributed by atoms with van der Waals surface area (Å²) in [6.45, 7) is 4.64. The Morgan fingerprint density at radius 3 is 3.12 bits per heavy atom. The van der Waals surface area contributed by atoms with Gasteiger partial charge in [-0.3, -0.25) is 9.69 Å². The average Bonchev–Trinajstić information content (AvgIpc) is 2.72. The molecule has 2 N–H and O–H groups in total. The molecule has 0 radical (unpaired) electrons. The summed E-state index contributed by atoms with van der Waals surface area (Å²) in [6.07, 6.45) is 0. The monoisotopic (exact) mass is 239 g/mol. The zero-order chi connectivity index (χ0) is 12.3. The fraction of sp³-hybridized carbons (Fsp3) is 0.700. The van der Waals surface area contributed by atoms with Crippen molar-refractivity contribution in [3.8, 4) is 0 Å². The Kier molecular flexibility index (Phi) is 3.70. The maximum atomic E-state index is 11.9. The number of amides is 1. The predicted octanol–water partition coefficient (Wildman–Crippen LogP) is -1.10. The molecule has 0 saturated carbocycles. The van der Waals surface area contributed by atoms with E-state index in [0.717, 1.165) is 13.1 Å². The molecular weight excluding hydrogens is 222 g/mol. The van der Waals surface area contributed by atoms with Crippen molar-refractivity contribution in [3.63, 3.8) is 0 Å². The Morgan fingerprint density at radius 1 is 1.65 bits per heavy atom. The van der Waals surface area contributed by atoms with Gasteiger partial charge in [0.25, 0.3) is 0 Å². The number of hydrogen-bond donors (Lipinski definition) is 2. The quantitative estimate of drug-likeness (QED) is 0.696. The molecule has 0 bridgehead atoms. The Hall–Kier alpha value is -1.47. The van der Waals surface area contributed by atoms with Gasteiger partial charge in [-0.15, -0.1) is 0 Å². The number of carbonyl (C=O) groups is 1. The topological polar surface area (TPSA) is 83.3 Å². The second-order valence-electron chi connectivity index (χ2n) is 4.21. The summed E-state index contributed by atoms with van der Waals surface area (Å²) in [5.41, 5.74) is 1.38. The summed E-state index contributed by atoms with van der Waals surface area (Å²) < 4.78 is 4.57. The number of aromatic nitrogens is 2. The van der Waals surface area contributed by atoms with E-state index >= 15 is 0 Å². The highest BCUT2D eigenvalue weighted by Gasteiger charge is 2.25. The van der Waals surface area contributed by atoms with Gasteiger partial charge < -0.3 is 10.6 Å². The predicted molar refractivity (Wildman–Crippen MR) is 60.2 cm³/mol. The minimum Gasteiger partial charge on any atom is -0.349 e. The Balaban J connectivity index is 1.86. The minimum atomic E-state index is -0.121. The van der Waals surface area contributed by atoms with Crippen LogP contribution in [-0.2, 0) is 11.3 Å². The third kappa shape index (κ3) is 2.80. The number of rotatable bonds is 3.